The number of aromatic nitrogens is 2. The molecule has 0 radical (unpaired) electrons. The van der Waals surface area contributed by atoms with Gasteiger partial charge in [-0.25, -0.2) is 9.78 Å². The first-order valence-corrected chi connectivity index (χ1v) is 6.83. The van der Waals surface area contributed by atoms with Crippen molar-refractivity contribution in [2.45, 2.75) is 26.3 Å². The molecule has 0 aliphatic heterocycles. The molecule has 2 aromatic rings. The van der Waals surface area contributed by atoms with Crippen molar-refractivity contribution in [2.75, 3.05) is 0 Å². The van der Waals surface area contributed by atoms with Crippen LogP contribution in [0.5, 0.6) is 0 Å². The van der Waals surface area contributed by atoms with Crippen molar-refractivity contribution in [3.05, 3.63) is 30.1 Å². The Hall–Kier alpha value is -2.37. The maximum Gasteiger partial charge on any atom is 0.326 e. The van der Waals surface area contributed by atoms with E-state index in [1.807, 2.05) is 25.5 Å². The van der Waals surface area contributed by atoms with Crippen LogP contribution in [0, 0.1) is 5.92 Å². The lowest BCUT2D eigenvalue weighted by molar-refractivity contribution is -0.139. The molecule has 1 heterocycles. The van der Waals surface area contributed by atoms with Crippen LogP contribution in [-0.2, 0) is 11.8 Å². The minimum atomic E-state index is -1.02. The van der Waals surface area contributed by atoms with Crippen LogP contribution in [-0.4, -0.2) is 32.6 Å². The first kappa shape index (κ1) is 15.0. The number of aliphatic carboxylic acids is 1. The molecular weight excluding hydrogens is 270 g/mol. The van der Waals surface area contributed by atoms with Crippen LogP contribution < -0.4 is 5.32 Å². The summed E-state index contributed by atoms with van der Waals surface area (Å²) in [6, 6.07) is 4.26. The Bertz CT molecular complexity index is 676. The number of amides is 1. The number of carboxylic acids is 1. The van der Waals surface area contributed by atoms with Crippen LogP contribution in [0.3, 0.4) is 0 Å². The van der Waals surface area contributed by atoms with Crippen molar-refractivity contribution in [3.8, 4) is 0 Å². The molecular formula is C15H19N3O3. The number of benzene rings is 1. The summed E-state index contributed by atoms with van der Waals surface area (Å²) < 4.78 is 1.86. The molecule has 6 heteroatoms. The minimum Gasteiger partial charge on any atom is -0.480 e. The van der Waals surface area contributed by atoms with Gasteiger partial charge in [0.2, 0.25) is 0 Å². The van der Waals surface area contributed by atoms with Gasteiger partial charge in [-0.2, -0.15) is 0 Å². The van der Waals surface area contributed by atoms with E-state index < -0.39 is 17.9 Å². The van der Waals surface area contributed by atoms with E-state index in [0.29, 0.717) is 17.5 Å². The second kappa shape index (κ2) is 5.95. The van der Waals surface area contributed by atoms with E-state index in [9.17, 15) is 9.59 Å². The quantitative estimate of drug-likeness (QED) is 0.879. The molecule has 0 bridgehead atoms. The van der Waals surface area contributed by atoms with E-state index in [0.717, 1.165) is 5.52 Å². The molecule has 0 fully saturated rings. The fourth-order valence-electron chi connectivity index (χ4n) is 2.21. The van der Waals surface area contributed by atoms with Gasteiger partial charge in [-0.3, -0.25) is 4.79 Å². The molecule has 0 saturated heterocycles. The van der Waals surface area contributed by atoms with Gasteiger partial charge in [0.25, 0.3) is 5.91 Å². The first-order valence-electron chi connectivity index (χ1n) is 6.83. The highest BCUT2D eigenvalue weighted by molar-refractivity contribution is 5.99. The smallest absolute Gasteiger partial charge is 0.326 e. The second-order valence-corrected chi connectivity index (χ2v) is 5.55. The van der Waals surface area contributed by atoms with E-state index in [4.69, 9.17) is 5.11 Å². The lowest BCUT2D eigenvalue weighted by Crippen LogP contribution is -2.41. The van der Waals surface area contributed by atoms with Crippen LogP contribution >= 0.6 is 0 Å². The topological polar surface area (TPSA) is 84.2 Å². The Morgan fingerprint density at radius 2 is 2.10 bits per heavy atom. The monoisotopic (exact) mass is 289 g/mol. The number of hydrogen-bond donors (Lipinski definition) is 2. The zero-order chi connectivity index (χ0) is 15.6. The van der Waals surface area contributed by atoms with Crippen molar-refractivity contribution < 1.29 is 14.7 Å². The maximum atomic E-state index is 12.2. The van der Waals surface area contributed by atoms with Crippen LogP contribution in [0.1, 0.15) is 30.6 Å². The molecule has 0 unspecified atom stereocenters. The number of carbonyl (C=O) groups is 2. The Labute approximate surface area is 122 Å². The number of carbonyl (C=O) groups excluding carboxylic acids is 1. The van der Waals surface area contributed by atoms with Gasteiger partial charge in [-0.05, 0) is 30.5 Å². The summed E-state index contributed by atoms with van der Waals surface area (Å²) >= 11 is 0. The van der Waals surface area contributed by atoms with Gasteiger partial charge in [0, 0.05) is 12.6 Å². The summed E-state index contributed by atoms with van der Waals surface area (Å²) in [5.74, 6) is -1.23. The van der Waals surface area contributed by atoms with Crippen molar-refractivity contribution in [3.63, 3.8) is 0 Å². The molecule has 2 rings (SSSR count). The highest BCUT2D eigenvalue weighted by Gasteiger charge is 2.21. The van der Waals surface area contributed by atoms with E-state index in [2.05, 4.69) is 10.3 Å². The second-order valence-electron chi connectivity index (χ2n) is 5.55. The van der Waals surface area contributed by atoms with E-state index in [1.165, 1.54) is 0 Å². The molecule has 1 atom stereocenters. The lowest BCUT2D eigenvalue weighted by atomic mass is 10.0. The highest BCUT2D eigenvalue weighted by Crippen LogP contribution is 2.14. The Balaban J connectivity index is 2.18. The summed E-state index contributed by atoms with van der Waals surface area (Å²) in [5.41, 5.74) is 2.04. The number of imidazole rings is 1. The number of carboxylic acid groups (broad SMARTS) is 1. The summed E-state index contributed by atoms with van der Waals surface area (Å²) in [6.07, 6.45) is 2.07. The standard InChI is InChI=1S/C15H19N3O3/c1-9(2)6-12(15(20)21)17-14(19)10-4-5-13-11(7-10)16-8-18(13)3/h4-5,7-9,12H,6H2,1-3H3,(H,17,19)(H,20,21)/t12-/m1/s1. The SMILES string of the molecule is CC(C)C[C@@H](NC(=O)c1ccc2c(c1)ncn2C)C(=O)O. The van der Waals surface area contributed by atoms with E-state index in [-0.39, 0.29) is 5.92 Å². The average Bonchev–Trinajstić information content (AvgIpc) is 2.78. The lowest BCUT2D eigenvalue weighted by Gasteiger charge is -2.16. The zero-order valence-electron chi connectivity index (χ0n) is 12.3. The molecule has 1 aromatic carbocycles. The molecule has 21 heavy (non-hydrogen) atoms. The normalized spacial score (nSPS) is 12.6. The summed E-state index contributed by atoms with van der Waals surface area (Å²) in [6.45, 7) is 3.84. The number of nitrogens with one attached hydrogen (secondary N) is 1. The van der Waals surface area contributed by atoms with Crippen LogP contribution in [0.2, 0.25) is 0 Å². The number of aryl methyl sites for hydroxylation is 1. The van der Waals surface area contributed by atoms with Gasteiger partial charge in [0.15, 0.2) is 0 Å². The van der Waals surface area contributed by atoms with Gasteiger partial charge in [0.1, 0.15) is 6.04 Å². The molecule has 2 N–H and O–H groups in total. The predicted octanol–water partition coefficient (Wildman–Crippen LogP) is 1.80. The van der Waals surface area contributed by atoms with E-state index in [1.54, 1.807) is 24.5 Å². The third-order valence-electron chi connectivity index (χ3n) is 3.30. The van der Waals surface area contributed by atoms with Crippen LogP contribution in [0.25, 0.3) is 11.0 Å². The third-order valence-corrected chi connectivity index (χ3v) is 3.30. The fraction of sp³-hybridized carbons (Fsp3) is 0.400. The van der Waals surface area contributed by atoms with Crippen LogP contribution in [0.4, 0.5) is 0 Å². The molecule has 1 amide bonds. The molecule has 6 nitrogen and oxygen atoms in total. The molecule has 0 saturated carbocycles. The van der Waals surface area contributed by atoms with Gasteiger partial charge in [0.05, 0.1) is 17.4 Å². The number of rotatable bonds is 5. The molecule has 0 aliphatic carbocycles. The third kappa shape index (κ3) is 3.39. The van der Waals surface area contributed by atoms with Crippen molar-refractivity contribution in [2.24, 2.45) is 13.0 Å². The molecule has 0 aliphatic rings. The fourth-order valence-corrected chi connectivity index (χ4v) is 2.21. The van der Waals surface area contributed by atoms with Crippen molar-refractivity contribution >= 4 is 22.9 Å². The van der Waals surface area contributed by atoms with Crippen molar-refractivity contribution in [1.82, 2.24) is 14.9 Å². The number of hydrogen-bond acceptors (Lipinski definition) is 3. The number of fused-ring (bicyclic) bond motifs is 1. The average molecular weight is 289 g/mol. The predicted molar refractivity (Wildman–Crippen MR) is 79.1 cm³/mol. The van der Waals surface area contributed by atoms with Gasteiger partial charge in [-0.15, -0.1) is 0 Å². The minimum absolute atomic E-state index is 0.185. The largest absolute Gasteiger partial charge is 0.480 e. The summed E-state index contributed by atoms with van der Waals surface area (Å²) in [7, 11) is 1.87. The highest BCUT2D eigenvalue weighted by atomic mass is 16.4. The molecule has 0 spiro atoms. The summed E-state index contributed by atoms with van der Waals surface area (Å²) in [5, 5.41) is 11.7. The van der Waals surface area contributed by atoms with Crippen molar-refractivity contribution in [1.29, 1.82) is 0 Å². The van der Waals surface area contributed by atoms with Crippen LogP contribution in [0.15, 0.2) is 24.5 Å². The number of nitrogens with zero attached hydrogens (tertiary/aromatic N) is 2. The molecule has 1 aromatic heterocycles. The summed E-state index contributed by atoms with van der Waals surface area (Å²) in [4.78, 5) is 27.6. The van der Waals surface area contributed by atoms with Gasteiger partial charge >= 0.3 is 5.97 Å². The maximum absolute atomic E-state index is 12.2. The first-order chi connectivity index (χ1) is 9.88. The zero-order valence-corrected chi connectivity index (χ0v) is 12.3. The van der Waals surface area contributed by atoms with Gasteiger partial charge < -0.3 is 15.0 Å². The Morgan fingerprint density at radius 1 is 1.38 bits per heavy atom. The van der Waals surface area contributed by atoms with E-state index >= 15 is 0 Å². The van der Waals surface area contributed by atoms with Gasteiger partial charge in [-0.1, -0.05) is 13.8 Å². The Morgan fingerprint density at radius 3 is 2.71 bits per heavy atom. The Kier molecular flexibility index (Phi) is 4.26. The molecule has 112 valence electrons.